The minimum absolute atomic E-state index is 0.0166. The minimum Gasteiger partial charge on any atom is -0.461 e. The van der Waals surface area contributed by atoms with Crippen LogP contribution in [0.2, 0.25) is 0 Å². The number of ether oxygens (including phenoxy) is 1. The van der Waals surface area contributed by atoms with Gasteiger partial charge in [0, 0.05) is 13.0 Å². The Labute approximate surface area is 134 Å². The molecule has 0 saturated heterocycles. The Kier molecular flexibility index (Phi) is 6.18. The van der Waals surface area contributed by atoms with Gasteiger partial charge in [-0.1, -0.05) is 59.7 Å². The monoisotopic (exact) mass is 306 g/mol. The average molecular weight is 306 g/mol. The molecule has 3 heteroatoms. The average Bonchev–Trinajstić information content (AvgIpc) is 2.40. The van der Waals surface area contributed by atoms with Gasteiger partial charge in [-0.15, -0.1) is 0 Å². The van der Waals surface area contributed by atoms with E-state index in [1.807, 2.05) is 0 Å². The summed E-state index contributed by atoms with van der Waals surface area (Å²) in [5.74, 6) is -0.257. The van der Waals surface area contributed by atoms with Gasteiger partial charge in [-0.05, 0) is 33.9 Å². The molecule has 0 heterocycles. The summed E-state index contributed by atoms with van der Waals surface area (Å²) in [4.78, 5) is 11.6. The zero-order valence-corrected chi connectivity index (χ0v) is 14.8. The molecule has 0 saturated carbocycles. The molecule has 0 radical (unpaired) electrons. The molecular weight excluding hydrogens is 276 g/mol. The van der Waals surface area contributed by atoms with Crippen LogP contribution in [0.5, 0.6) is 0 Å². The SMILES string of the molecule is CC(C)(C)c1cc(COC(=O)CCCO)cc(C(C)(C)C)c1. The van der Waals surface area contributed by atoms with Crippen LogP contribution in [0, 0.1) is 0 Å². The Bertz CT molecular complexity index is 472. The summed E-state index contributed by atoms with van der Waals surface area (Å²) in [6.07, 6.45) is 0.718. The van der Waals surface area contributed by atoms with Crippen molar-refractivity contribution in [3.8, 4) is 0 Å². The molecule has 0 aliphatic rings. The second kappa shape index (κ2) is 7.28. The number of hydrogen-bond acceptors (Lipinski definition) is 3. The van der Waals surface area contributed by atoms with Crippen molar-refractivity contribution in [3.05, 3.63) is 34.9 Å². The van der Waals surface area contributed by atoms with Crippen LogP contribution >= 0.6 is 0 Å². The van der Waals surface area contributed by atoms with E-state index in [1.165, 1.54) is 11.1 Å². The van der Waals surface area contributed by atoms with E-state index >= 15 is 0 Å². The Balaban J connectivity index is 2.96. The van der Waals surface area contributed by atoms with Crippen LogP contribution in [0.15, 0.2) is 18.2 Å². The molecule has 1 aromatic rings. The van der Waals surface area contributed by atoms with Crippen LogP contribution in [0.25, 0.3) is 0 Å². The molecule has 3 nitrogen and oxygen atoms in total. The summed E-state index contributed by atoms with van der Waals surface area (Å²) in [6, 6.07) is 6.49. The van der Waals surface area contributed by atoms with Crippen LogP contribution in [0.1, 0.15) is 71.1 Å². The lowest BCUT2D eigenvalue weighted by molar-refractivity contribution is -0.145. The van der Waals surface area contributed by atoms with Crippen LogP contribution in [-0.2, 0) is 27.0 Å². The molecule has 0 fully saturated rings. The molecule has 1 N–H and O–H groups in total. The van der Waals surface area contributed by atoms with E-state index in [4.69, 9.17) is 9.84 Å². The van der Waals surface area contributed by atoms with Crippen LogP contribution < -0.4 is 0 Å². The van der Waals surface area contributed by atoms with Crippen molar-refractivity contribution in [1.82, 2.24) is 0 Å². The normalized spacial score (nSPS) is 12.3. The Morgan fingerprint density at radius 3 is 1.91 bits per heavy atom. The van der Waals surface area contributed by atoms with E-state index in [2.05, 4.69) is 59.7 Å². The lowest BCUT2D eigenvalue weighted by atomic mass is 9.79. The Morgan fingerprint density at radius 2 is 1.50 bits per heavy atom. The van der Waals surface area contributed by atoms with Gasteiger partial charge in [0.25, 0.3) is 0 Å². The number of hydrogen-bond donors (Lipinski definition) is 1. The molecule has 0 amide bonds. The minimum atomic E-state index is -0.257. The molecule has 0 bridgehead atoms. The molecule has 1 rings (SSSR count). The molecular formula is C19H30O3. The first kappa shape index (κ1) is 18.7. The standard InChI is InChI=1S/C19H30O3/c1-18(2,3)15-10-14(11-16(12-15)19(4,5)6)13-22-17(21)8-7-9-20/h10-12,20H,7-9,13H2,1-6H3. The third-order valence-corrected chi connectivity index (χ3v) is 3.66. The van der Waals surface area contributed by atoms with E-state index in [0.717, 1.165) is 5.56 Å². The van der Waals surface area contributed by atoms with E-state index in [9.17, 15) is 4.79 Å². The Morgan fingerprint density at radius 1 is 1.00 bits per heavy atom. The van der Waals surface area contributed by atoms with E-state index in [1.54, 1.807) is 0 Å². The predicted octanol–water partition coefficient (Wildman–Crippen LogP) is 4.10. The number of rotatable bonds is 5. The molecule has 0 unspecified atom stereocenters. The lowest BCUT2D eigenvalue weighted by Crippen LogP contribution is -2.17. The number of carbonyl (C=O) groups is 1. The van der Waals surface area contributed by atoms with Crippen molar-refractivity contribution in [1.29, 1.82) is 0 Å². The number of carbonyl (C=O) groups excluding carboxylic acids is 1. The predicted molar refractivity (Wildman–Crippen MR) is 90.0 cm³/mol. The second-order valence-corrected chi connectivity index (χ2v) is 7.91. The number of aliphatic hydroxyl groups is 1. The summed E-state index contributed by atoms with van der Waals surface area (Å²) in [7, 11) is 0. The second-order valence-electron chi connectivity index (χ2n) is 7.91. The van der Waals surface area contributed by atoms with Crippen LogP contribution in [0.3, 0.4) is 0 Å². The molecule has 22 heavy (non-hydrogen) atoms. The van der Waals surface area contributed by atoms with Crippen LogP contribution in [0.4, 0.5) is 0 Å². The van der Waals surface area contributed by atoms with Gasteiger partial charge < -0.3 is 9.84 Å². The fourth-order valence-corrected chi connectivity index (χ4v) is 2.10. The largest absolute Gasteiger partial charge is 0.461 e. The van der Waals surface area contributed by atoms with Crippen molar-refractivity contribution in [3.63, 3.8) is 0 Å². The molecule has 1 aromatic carbocycles. The highest BCUT2D eigenvalue weighted by Gasteiger charge is 2.20. The molecule has 0 atom stereocenters. The van der Waals surface area contributed by atoms with Crippen molar-refractivity contribution in [2.24, 2.45) is 0 Å². The van der Waals surface area contributed by atoms with Crippen molar-refractivity contribution >= 4 is 5.97 Å². The van der Waals surface area contributed by atoms with Crippen molar-refractivity contribution in [2.45, 2.75) is 71.8 Å². The highest BCUT2D eigenvalue weighted by molar-refractivity contribution is 5.69. The first-order chi connectivity index (χ1) is 10.0. The van der Waals surface area contributed by atoms with E-state index in [0.29, 0.717) is 6.42 Å². The third-order valence-electron chi connectivity index (χ3n) is 3.66. The van der Waals surface area contributed by atoms with Gasteiger partial charge in [0.2, 0.25) is 0 Å². The van der Waals surface area contributed by atoms with Crippen molar-refractivity contribution < 1.29 is 14.6 Å². The highest BCUT2D eigenvalue weighted by atomic mass is 16.5. The number of esters is 1. The summed E-state index contributed by atoms with van der Waals surface area (Å²) in [6.45, 7) is 13.4. The van der Waals surface area contributed by atoms with Gasteiger partial charge in [0.15, 0.2) is 0 Å². The van der Waals surface area contributed by atoms with Crippen molar-refractivity contribution in [2.75, 3.05) is 6.61 Å². The molecule has 124 valence electrons. The summed E-state index contributed by atoms with van der Waals surface area (Å²) in [5, 5.41) is 8.74. The Hall–Kier alpha value is -1.35. The van der Waals surface area contributed by atoms with Gasteiger partial charge in [0.1, 0.15) is 6.61 Å². The van der Waals surface area contributed by atoms with Gasteiger partial charge in [-0.3, -0.25) is 4.79 Å². The fourth-order valence-electron chi connectivity index (χ4n) is 2.10. The zero-order valence-electron chi connectivity index (χ0n) is 14.8. The smallest absolute Gasteiger partial charge is 0.306 e. The van der Waals surface area contributed by atoms with Gasteiger partial charge in [0.05, 0.1) is 0 Å². The highest BCUT2D eigenvalue weighted by Crippen LogP contribution is 2.30. The van der Waals surface area contributed by atoms with Gasteiger partial charge >= 0.3 is 5.97 Å². The lowest BCUT2D eigenvalue weighted by Gasteiger charge is -2.26. The first-order valence-corrected chi connectivity index (χ1v) is 7.95. The molecule has 0 aromatic heterocycles. The summed E-state index contributed by atoms with van der Waals surface area (Å²) >= 11 is 0. The molecule has 0 aliphatic carbocycles. The number of aliphatic hydroxyl groups excluding tert-OH is 1. The topological polar surface area (TPSA) is 46.5 Å². The molecule has 0 spiro atoms. The summed E-state index contributed by atoms with van der Waals surface area (Å²) < 4.78 is 5.32. The maximum Gasteiger partial charge on any atom is 0.306 e. The fraction of sp³-hybridized carbons (Fsp3) is 0.632. The third kappa shape index (κ3) is 5.80. The maximum absolute atomic E-state index is 11.6. The quantitative estimate of drug-likeness (QED) is 0.833. The number of benzene rings is 1. The maximum atomic E-state index is 11.6. The molecule has 0 aliphatic heterocycles. The zero-order chi connectivity index (χ0) is 17.0. The van der Waals surface area contributed by atoms with Gasteiger partial charge in [-0.25, -0.2) is 0 Å². The first-order valence-electron chi connectivity index (χ1n) is 7.95. The van der Waals surface area contributed by atoms with Gasteiger partial charge in [-0.2, -0.15) is 0 Å². The van der Waals surface area contributed by atoms with Crippen LogP contribution in [-0.4, -0.2) is 17.7 Å². The van der Waals surface area contributed by atoms with E-state index in [-0.39, 0.29) is 36.4 Å². The summed E-state index contributed by atoms with van der Waals surface area (Å²) in [5.41, 5.74) is 3.63. The van der Waals surface area contributed by atoms with E-state index < -0.39 is 0 Å².